The van der Waals surface area contributed by atoms with E-state index < -0.39 is 12.1 Å². The molecule has 0 aromatic heterocycles. The van der Waals surface area contributed by atoms with Crippen LogP contribution < -0.4 is 4.74 Å². The fourth-order valence-corrected chi connectivity index (χ4v) is 1.49. The standard InChI is InChI=1S/C11H14O4/c1-7-4-3-5-8(11(7)15-2)9(12)6-10(13)14/h3-5,9,12H,6H2,1-2H3,(H,13,14)/t9-/m0/s1. The molecule has 0 radical (unpaired) electrons. The lowest BCUT2D eigenvalue weighted by Gasteiger charge is -2.14. The van der Waals surface area contributed by atoms with Crippen molar-refractivity contribution in [1.82, 2.24) is 0 Å². The van der Waals surface area contributed by atoms with Gasteiger partial charge in [-0.25, -0.2) is 0 Å². The first-order valence-electron chi connectivity index (χ1n) is 4.59. The Kier molecular flexibility index (Phi) is 3.68. The molecule has 0 heterocycles. The fraction of sp³-hybridized carbons (Fsp3) is 0.364. The van der Waals surface area contributed by atoms with Gasteiger partial charge in [0, 0.05) is 5.56 Å². The number of aliphatic carboxylic acids is 1. The number of hydrogen-bond donors (Lipinski definition) is 2. The second-order valence-electron chi connectivity index (χ2n) is 3.31. The van der Waals surface area contributed by atoms with Gasteiger partial charge in [0.2, 0.25) is 0 Å². The largest absolute Gasteiger partial charge is 0.496 e. The third kappa shape index (κ3) is 2.70. The monoisotopic (exact) mass is 210 g/mol. The second-order valence-corrected chi connectivity index (χ2v) is 3.31. The van der Waals surface area contributed by atoms with Crippen LogP contribution in [0, 0.1) is 6.92 Å². The Labute approximate surface area is 88.1 Å². The molecule has 1 aromatic carbocycles. The average molecular weight is 210 g/mol. The summed E-state index contributed by atoms with van der Waals surface area (Å²) in [6.07, 6.45) is -1.35. The van der Waals surface area contributed by atoms with Gasteiger partial charge in [0.1, 0.15) is 5.75 Å². The van der Waals surface area contributed by atoms with Gasteiger partial charge < -0.3 is 14.9 Å². The maximum absolute atomic E-state index is 10.5. The first-order valence-corrected chi connectivity index (χ1v) is 4.59. The zero-order chi connectivity index (χ0) is 11.4. The lowest BCUT2D eigenvalue weighted by Crippen LogP contribution is -2.07. The molecule has 2 N–H and O–H groups in total. The molecule has 0 unspecified atom stereocenters. The van der Waals surface area contributed by atoms with Crippen molar-refractivity contribution < 1.29 is 19.7 Å². The van der Waals surface area contributed by atoms with Gasteiger partial charge in [-0.1, -0.05) is 18.2 Å². The quantitative estimate of drug-likeness (QED) is 0.790. The van der Waals surface area contributed by atoms with E-state index in [9.17, 15) is 9.90 Å². The summed E-state index contributed by atoms with van der Waals surface area (Å²) in [6.45, 7) is 1.84. The highest BCUT2D eigenvalue weighted by molar-refractivity contribution is 5.68. The third-order valence-electron chi connectivity index (χ3n) is 2.17. The van der Waals surface area contributed by atoms with Gasteiger partial charge >= 0.3 is 5.97 Å². The lowest BCUT2D eigenvalue weighted by molar-refractivity contribution is -0.139. The van der Waals surface area contributed by atoms with E-state index in [0.717, 1.165) is 5.56 Å². The first-order chi connectivity index (χ1) is 7.06. The van der Waals surface area contributed by atoms with Crippen molar-refractivity contribution in [2.24, 2.45) is 0 Å². The Hall–Kier alpha value is -1.55. The SMILES string of the molecule is COc1c(C)cccc1[C@@H](O)CC(=O)O. The molecule has 0 aliphatic carbocycles. The topological polar surface area (TPSA) is 66.8 Å². The Balaban J connectivity index is 3.02. The van der Waals surface area contributed by atoms with Crippen molar-refractivity contribution in [2.45, 2.75) is 19.4 Å². The minimum Gasteiger partial charge on any atom is -0.496 e. The van der Waals surface area contributed by atoms with Gasteiger partial charge in [0.15, 0.2) is 0 Å². The molecule has 0 saturated carbocycles. The number of benzene rings is 1. The summed E-state index contributed by atoms with van der Waals surface area (Å²) in [5.41, 5.74) is 1.39. The number of aliphatic hydroxyl groups is 1. The minimum absolute atomic E-state index is 0.320. The summed E-state index contributed by atoms with van der Waals surface area (Å²) in [5.74, 6) is -0.489. The van der Waals surface area contributed by atoms with Gasteiger partial charge in [-0.3, -0.25) is 4.79 Å². The van der Waals surface area contributed by atoms with Crippen LogP contribution >= 0.6 is 0 Å². The van der Waals surface area contributed by atoms with Gasteiger partial charge in [-0.05, 0) is 12.5 Å². The number of para-hydroxylation sites is 1. The van der Waals surface area contributed by atoms with E-state index in [2.05, 4.69) is 0 Å². The molecule has 0 aliphatic rings. The van der Waals surface area contributed by atoms with Crippen molar-refractivity contribution in [3.8, 4) is 5.75 Å². The van der Waals surface area contributed by atoms with Crippen LogP contribution in [-0.2, 0) is 4.79 Å². The van der Waals surface area contributed by atoms with Crippen molar-refractivity contribution in [3.05, 3.63) is 29.3 Å². The van der Waals surface area contributed by atoms with E-state index in [1.807, 2.05) is 13.0 Å². The van der Waals surface area contributed by atoms with E-state index in [4.69, 9.17) is 9.84 Å². The molecule has 0 saturated heterocycles. The summed E-state index contributed by atoms with van der Waals surface area (Å²) in [5, 5.41) is 18.2. The minimum atomic E-state index is -1.04. The van der Waals surface area contributed by atoms with E-state index in [0.29, 0.717) is 11.3 Å². The maximum Gasteiger partial charge on any atom is 0.306 e. The van der Waals surface area contributed by atoms with Crippen molar-refractivity contribution in [1.29, 1.82) is 0 Å². The highest BCUT2D eigenvalue weighted by Gasteiger charge is 2.17. The van der Waals surface area contributed by atoms with Crippen LogP contribution in [0.25, 0.3) is 0 Å². The van der Waals surface area contributed by atoms with E-state index in [-0.39, 0.29) is 6.42 Å². The average Bonchev–Trinajstić information content (AvgIpc) is 2.16. The molecule has 1 rings (SSSR count). The normalized spacial score (nSPS) is 12.2. The summed E-state index contributed by atoms with van der Waals surface area (Å²) in [4.78, 5) is 10.5. The molecule has 0 fully saturated rings. The van der Waals surface area contributed by atoms with Crippen molar-refractivity contribution in [3.63, 3.8) is 0 Å². The number of carboxylic acids is 1. The predicted molar refractivity (Wildman–Crippen MR) is 54.9 cm³/mol. The number of methoxy groups -OCH3 is 1. The molecule has 82 valence electrons. The molecular formula is C11H14O4. The Morgan fingerprint density at radius 2 is 2.20 bits per heavy atom. The first kappa shape index (κ1) is 11.5. The highest BCUT2D eigenvalue weighted by Crippen LogP contribution is 2.29. The maximum atomic E-state index is 10.5. The Bertz CT molecular complexity index is 360. The molecule has 0 spiro atoms. The van der Waals surface area contributed by atoms with Crippen LogP contribution in [-0.4, -0.2) is 23.3 Å². The Morgan fingerprint density at radius 1 is 1.53 bits per heavy atom. The Morgan fingerprint density at radius 3 is 2.73 bits per heavy atom. The van der Waals surface area contributed by atoms with Gasteiger partial charge in [0.05, 0.1) is 19.6 Å². The lowest BCUT2D eigenvalue weighted by atomic mass is 10.0. The molecule has 15 heavy (non-hydrogen) atoms. The molecular weight excluding hydrogens is 196 g/mol. The summed E-state index contributed by atoms with van der Waals surface area (Å²) in [6, 6.07) is 5.27. The molecule has 1 atom stereocenters. The molecule has 0 bridgehead atoms. The number of aliphatic hydroxyl groups excluding tert-OH is 1. The zero-order valence-corrected chi connectivity index (χ0v) is 8.73. The number of carboxylic acid groups (broad SMARTS) is 1. The van der Waals surface area contributed by atoms with E-state index >= 15 is 0 Å². The van der Waals surface area contributed by atoms with Gasteiger partial charge in [0.25, 0.3) is 0 Å². The van der Waals surface area contributed by atoms with Crippen LogP contribution in [0.5, 0.6) is 5.75 Å². The van der Waals surface area contributed by atoms with E-state index in [1.165, 1.54) is 7.11 Å². The number of hydrogen-bond acceptors (Lipinski definition) is 3. The fourth-order valence-electron chi connectivity index (χ4n) is 1.49. The van der Waals surface area contributed by atoms with Crippen LogP contribution in [0.1, 0.15) is 23.7 Å². The third-order valence-corrected chi connectivity index (χ3v) is 2.17. The van der Waals surface area contributed by atoms with Crippen LogP contribution in [0.15, 0.2) is 18.2 Å². The van der Waals surface area contributed by atoms with Crippen LogP contribution in [0.3, 0.4) is 0 Å². The number of ether oxygens (including phenoxy) is 1. The van der Waals surface area contributed by atoms with Gasteiger partial charge in [-0.15, -0.1) is 0 Å². The molecule has 4 nitrogen and oxygen atoms in total. The molecule has 0 aliphatic heterocycles. The summed E-state index contributed by atoms with van der Waals surface area (Å²) < 4.78 is 5.13. The summed E-state index contributed by atoms with van der Waals surface area (Å²) >= 11 is 0. The van der Waals surface area contributed by atoms with Crippen LogP contribution in [0.2, 0.25) is 0 Å². The number of rotatable bonds is 4. The van der Waals surface area contributed by atoms with Crippen molar-refractivity contribution in [2.75, 3.05) is 7.11 Å². The highest BCUT2D eigenvalue weighted by atomic mass is 16.5. The molecule has 0 amide bonds. The number of carbonyl (C=O) groups is 1. The molecule has 4 heteroatoms. The summed E-state index contributed by atoms with van der Waals surface area (Å²) in [7, 11) is 1.50. The number of aryl methyl sites for hydroxylation is 1. The predicted octanol–water partition coefficient (Wildman–Crippen LogP) is 1.51. The van der Waals surface area contributed by atoms with Crippen LogP contribution in [0.4, 0.5) is 0 Å². The zero-order valence-electron chi connectivity index (χ0n) is 8.73. The van der Waals surface area contributed by atoms with Gasteiger partial charge in [-0.2, -0.15) is 0 Å². The van der Waals surface area contributed by atoms with E-state index in [1.54, 1.807) is 12.1 Å². The smallest absolute Gasteiger partial charge is 0.306 e. The second kappa shape index (κ2) is 4.79. The van der Waals surface area contributed by atoms with Crippen molar-refractivity contribution >= 4 is 5.97 Å². The molecule has 1 aromatic rings.